The molecule has 2 rings (SSSR count). The standard InChI is InChI=1S/C11H14N4OS/c1-7(12)10-8(16-2)4-3-5-9(10)17-11-13-6-14-15-11/h3-7H,12H2,1-2H3,(H,13,14,15). The Hall–Kier alpha value is -1.53. The third kappa shape index (κ3) is 2.59. The zero-order chi connectivity index (χ0) is 12.3. The van der Waals surface area contributed by atoms with Gasteiger partial charge in [-0.1, -0.05) is 6.07 Å². The number of methoxy groups -OCH3 is 1. The zero-order valence-electron chi connectivity index (χ0n) is 9.68. The second-order valence-corrected chi connectivity index (χ2v) is 4.58. The van der Waals surface area contributed by atoms with Gasteiger partial charge in [0.25, 0.3) is 0 Å². The highest BCUT2D eigenvalue weighted by Gasteiger charge is 2.14. The van der Waals surface area contributed by atoms with Crippen LogP contribution in [-0.4, -0.2) is 22.3 Å². The quantitative estimate of drug-likeness (QED) is 0.867. The van der Waals surface area contributed by atoms with Gasteiger partial charge in [-0.15, -0.1) is 0 Å². The third-order valence-electron chi connectivity index (χ3n) is 2.30. The summed E-state index contributed by atoms with van der Waals surface area (Å²) in [6.45, 7) is 1.93. The van der Waals surface area contributed by atoms with E-state index in [2.05, 4.69) is 15.2 Å². The minimum absolute atomic E-state index is 0.100. The van der Waals surface area contributed by atoms with E-state index in [4.69, 9.17) is 10.5 Å². The molecule has 0 spiro atoms. The molecular formula is C11H14N4OS. The van der Waals surface area contributed by atoms with Gasteiger partial charge < -0.3 is 10.5 Å². The lowest BCUT2D eigenvalue weighted by Gasteiger charge is -2.15. The van der Waals surface area contributed by atoms with Gasteiger partial charge in [-0.05, 0) is 30.8 Å². The van der Waals surface area contributed by atoms with Crippen molar-refractivity contribution in [3.63, 3.8) is 0 Å². The molecule has 0 bridgehead atoms. The molecule has 2 aromatic rings. The Balaban J connectivity index is 2.39. The lowest BCUT2D eigenvalue weighted by molar-refractivity contribution is 0.405. The van der Waals surface area contributed by atoms with Crippen LogP contribution in [0.2, 0.25) is 0 Å². The second-order valence-electron chi connectivity index (χ2n) is 3.55. The smallest absolute Gasteiger partial charge is 0.188 e. The average molecular weight is 250 g/mol. The van der Waals surface area contributed by atoms with Crippen molar-refractivity contribution in [1.29, 1.82) is 0 Å². The van der Waals surface area contributed by atoms with E-state index in [0.717, 1.165) is 21.4 Å². The first kappa shape index (κ1) is 11.9. The van der Waals surface area contributed by atoms with E-state index in [1.54, 1.807) is 7.11 Å². The topological polar surface area (TPSA) is 76.8 Å². The number of hydrogen-bond acceptors (Lipinski definition) is 5. The molecule has 0 fully saturated rings. The van der Waals surface area contributed by atoms with Gasteiger partial charge >= 0.3 is 0 Å². The van der Waals surface area contributed by atoms with E-state index in [1.807, 2.05) is 25.1 Å². The number of hydrogen-bond donors (Lipinski definition) is 2. The molecule has 90 valence electrons. The fourth-order valence-corrected chi connectivity index (χ4v) is 2.54. The van der Waals surface area contributed by atoms with Crippen LogP contribution in [0.3, 0.4) is 0 Å². The number of nitrogens with two attached hydrogens (primary N) is 1. The average Bonchev–Trinajstić information content (AvgIpc) is 2.81. The number of nitrogens with zero attached hydrogens (tertiary/aromatic N) is 2. The lowest BCUT2D eigenvalue weighted by Crippen LogP contribution is -2.08. The van der Waals surface area contributed by atoms with E-state index in [0.29, 0.717) is 0 Å². The minimum Gasteiger partial charge on any atom is -0.496 e. The van der Waals surface area contributed by atoms with E-state index in [1.165, 1.54) is 18.1 Å². The first-order chi connectivity index (χ1) is 8.22. The van der Waals surface area contributed by atoms with Crippen LogP contribution in [0.1, 0.15) is 18.5 Å². The molecule has 1 heterocycles. The molecule has 0 amide bonds. The van der Waals surface area contributed by atoms with Crippen molar-refractivity contribution in [3.8, 4) is 5.75 Å². The molecule has 1 aromatic carbocycles. The highest BCUT2D eigenvalue weighted by molar-refractivity contribution is 7.99. The first-order valence-electron chi connectivity index (χ1n) is 5.18. The van der Waals surface area contributed by atoms with Crippen molar-refractivity contribution in [2.75, 3.05) is 7.11 Å². The number of aromatic amines is 1. The minimum atomic E-state index is -0.100. The summed E-state index contributed by atoms with van der Waals surface area (Å²) < 4.78 is 5.33. The van der Waals surface area contributed by atoms with Crippen LogP contribution >= 0.6 is 11.8 Å². The van der Waals surface area contributed by atoms with E-state index >= 15 is 0 Å². The maximum absolute atomic E-state index is 5.98. The van der Waals surface area contributed by atoms with Gasteiger partial charge in [-0.2, -0.15) is 5.10 Å². The summed E-state index contributed by atoms with van der Waals surface area (Å²) in [5.41, 5.74) is 6.96. The molecule has 1 aromatic heterocycles. The molecule has 0 saturated carbocycles. The highest BCUT2D eigenvalue weighted by atomic mass is 32.2. The summed E-state index contributed by atoms with van der Waals surface area (Å²) >= 11 is 1.49. The molecule has 6 heteroatoms. The van der Waals surface area contributed by atoms with Crippen molar-refractivity contribution in [2.45, 2.75) is 23.0 Å². The van der Waals surface area contributed by atoms with Crippen molar-refractivity contribution in [1.82, 2.24) is 15.2 Å². The Kier molecular flexibility index (Phi) is 3.65. The number of nitrogens with one attached hydrogen (secondary N) is 1. The van der Waals surface area contributed by atoms with E-state index < -0.39 is 0 Å². The van der Waals surface area contributed by atoms with Crippen LogP contribution in [0, 0.1) is 0 Å². The SMILES string of the molecule is COc1cccc(Sc2ncn[nH]2)c1C(C)N. The maximum Gasteiger partial charge on any atom is 0.188 e. The Bertz CT molecular complexity index is 484. The van der Waals surface area contributed by atoms with Gasteiger partial charge in [0, 0.05) is 16.5 Å². The van der Waals surface area contributed by atoms with Crippen LogP contribution in [0.25, 0.3) is 0 Å². The van der Waals surface area contributed by atoms with Crippen LogP contribution in [0.15, 0.2) is 34.6 Å². The van der Waals surface area contributed by atoms with Crippen molar-refractivity contribution in [3.05, 3.63) is 30.1 Å². The van der Waals surface area contributed by atoms with Gasteiger partial charge in [0.1, 0.15) is 12.1 Å². The number of H-pyrrole nitrogens is 1. The lowest BCUT2D eigenvalue weighted by atomic mass is 10.1. The Morgan fingerprint density at radius 3 is 2.88 bits per heavy atom. The van der Waals surface area contributed by atoms with E-state index in [9.17, 15) is 0 Å². The van der Waals surface area contributed by atoms with Crippen LogP contribution in [0.4, 0.5) is 0 Å². The highest BCUT2D eigenvalue weighted by Crippen LogP contribution is 2.36. The molecule has 0 saturated heterocycles. The summed E-state index contributed by atoms with van der Waals surface area (Å²) in [5.74, 6) is 0.796. The van der Waals surface area contributed by atoms with Gasteiger partial charge in [-0.3, -0.25) is 5.10 Å². The first-order valence-corrected chi connectivity index (χ1v) is 5.99. The molecule has 1 atom stereocenters. The van der Waals surface area contributed by atoms with E-state index in [-0.39, 0.29) is 6.04 Å². The monoisotopic (exact) mass is 250 g/mol. The molecule has 0 aliphatic rings. The molecular weight excluding hydrogens is 236 g/mol. The zero-order valence-corrected chi connectivity index (χ0v) is 10.5. The molecule has 17 heavy (non-hydrogen) atoms. The molecule has 0 radical (unpaired) electrons. The molecule has 1 unspecified atom stereocenters. The predicted octanol–water partition coefficient (Wildman–Crippen LogP) is 1.98. The van der Waals surface area contributed by atoms with Gasteiger partial charge in [0.15, 0.2) is 5.16 Å². The summed E-state index contributed by atoms with van der Waals surface area (Å²) in [7, 11) is 1.64. The van der Waals surface area contributed by atoms with Crippen molar-refractivity contribution >= 4 is 11.8 Å². The Labute approximate surface area is 104 Å². The Morgan fingerprint density at radius 2 is 2.29 bits per heavy atom. The van der Waals surface area contributed by atoms with Gasteiger partial charge in [0.2, 0.25) is 0 Å². The second kappa shape index (κ2) is 5.20. The number of benzene rings is 1. The number of rotatable bonds is 4. The van der Waals surface area contributed by atoms with Crippen LogP contribution in [-0.2, 0) is 0 Å². The fourth-order valence-electron chi connectivity index (χ4n) is 1.59. The summed E-state index contributed by atoms with van der Waals surface area (Å²) in [6.07, 6.45) is 1.48. The summed E-state index contributed by atoms with van der Waals surface area (Å²) in [5, 5.41) is 7.36. The number of ether oxygens (including phenoxy) is 1. The van der Waals surface area contributed by atoms with Crippen molar-refractivity contribution in [2.24, 2.45) is 5.73 Å². The largest absolute Gasteiger partial charge is 0.496 e. The molecule has 5 nitrogen and oxygen atoms in total. The predicted molar refractivity (Wildman–Crippen MR) is 66.1 cm³/mol. The van der Waals surface area contributed by atoms with Crippen molar-refractivity contribution < 1.29 is 4.74 Å². The third-order valence-corrected chi connectivity index (χ3v) is 3.27. The van der Waals surface area contributed by atoms with Crippen LogP contribution < -0.4 is 10.5 Å². The summed E-state index contributed by atoms with van der Waals surface area (Å²) in [6, 6.07) is 5.73. The normalized spacial score (nSPS) is 12.4. The fraction of sp³-hybridized carbons (Fsp3) is 0.273. The van der Waals surface area contributed by atoms with Gasteiger partial charge in [-0.25, -0.2) is 4.98 Å². The molecule has 3 N–H and O–H groups in total. The number of aromatic nitrogens is 3. The molecule has 0 aliphatic heterocycles. The summed E-state index contributed by atoms with van der Waals surface area (Å²) in [4.78, 5) is 5.11. The molecule has 0 aliphatic carbocycles. The van der Waals surface area contributed by atoms with Gasteiger partial charge in [0.05, 0.1) is 7.11 Å². The maximum atomic E-state index is 5.98. The Morgan fingerprint density at radius 1 is 1.47 bits per heavy atom. The van der Waals surface area contributed by atoms with Crippen LogP contribution in [0.5, 0.6) is 5.75 Å².